The Balaban J connectivity index is 0.000000240. The van der Waals surface area contributed by atoms with Crippen LogP contribution >= 0.6 is 0 Å². The lowest BCUT2D eigenvalue weighted by molar-refractivity contribution is -0.167. The van der Waals surface area contributed by atoms with Gasteiger partial charge in [0.1, 0.15) is 18.0 Å². The number of fused-ring (bicyclic) bond motifs is 2. The molecule has 0 spiro atoms. The Morgan fingerprint density at radius 2 is 1.18 bits per heavy atom. The summed E-state index contributed by atoms with van der Waals surface area (Å²) < 4.78 is 48.4. The van der Waals surface area contributed by atoms with Crippen LogP contribution < -0.4 is 17.2 Å². The van der Waals surface area contributed by atoms with E-state index in [1.54, 1.807) is 0 Å². The first-order valence-corrected chi connectivity index (χ1v) is 15.7. The minimum absolute atomic E-state index is 0. The summed E-state index contributed by atoms with van der Waals surface area (Å²) in [6.07, 6.45) is -1.86. The Labute approximate surface area is 310 Å². The maximum Gasteiger partial charge on any atom is 0.409 e. The molecule has 0 unspecified atom stereocenters. The maximum absolute atomic E-state index is 13.6. The van der Waals surface area contributed by atoms with Crippen molar-refractivity contribution in [3.63, 3.8) is 0 Å². The molecule has 2 saturated heterocycles. The highest BCUT2D eigenvalue weighted by Gasteiger charge is 2.61. The van der Waals surface area contributed by atoms with Crippen LogP contribution in [0.25, 0.3) is 32.0 Å². The van der Waals surface area contributed by atoms with Crippen molar-refractivity contribution in [1.29, 1.82) is 0 Å². The molecule has 6 rings (SSSR count). The summed E-state index contributed by atoms with van der Waals surface area (Å²) in [4.78, 5) is 75.4. The first-order valence-electron chi connectivity index (χ1n) is 15.7. The molecule has 4 aromatic heterocycles. The predicted octanol–water partition coefficient (Wildman–Crippen LogP) is 1.23. The van der Waals surface area contributed by atoms with Crippen molar-refractivity contribution in [3.05, 3.63) is 41.6 Å². The Morgan fingerprint density at radius 3 is 1.58 bits per heavy atom. The van der Waals surface area contributed by atoms with Crippen LogP contribution in [-0.4, -0.2) is 99.8 Å². The minimum Gasteiger partial charge on any atom is -0.454 e. The summed E-state index contributed by atoms with van der Waals surface area (Å²) in [5.74, 6) is -2.54. The standard InChI is InChI=1S/C15H15FN6O5.C15H17N7O5.CH4/c1-7(23)25-5-15(18-3)9(26-8(2)24)4-10(27-15)22-6-19-11-12(17)20-14(16)21-13(11)22;1-7(23)25-5-15(18-3)9(26-8(2)24)4-10(27-15)22-6-19-11-12(16)20-14(17)21-13(11)22;/h6,9-10H,4-5H2,1-2H3,(H2,17,20,21);6,9-10H,4-5H2,1-2H3,(H4,16,17,20,21);1H4/t2*9-,10-,15-;/m11./s1. The third kappa shape index (κ3) is 8.40. The fourth-order valence-electron chi connectivity index (χ4n) is 5.69. The van der Waals surface area contributed by atoms with Crippen molar-refractivity contribution in [2.75, 3.05) is 30.4 Å². The molecule has 23 nitrogen and oxygen atoms in total. The van der Waals surface area contributed by atoms with E-state index in [-0.39, 0.29) is 49.0 Å². The molecule has 2 aliphatic rings. The number of carbonyl (C=O) groups is 4. The fraction of sp³-hybridized carbons (Fsp3) is 0.484. The molecule has 0 aromatic carbocycles. The summed E-state index contributed by atoms with van der Waals surface area (Å²) in [6, 6.07) is 0. The zero-order valence-corrected chi connectivity index (χ0v) is 29.0. The molecule has 0 bridgehead atoms. The summed E-state index contributed by atoms with van der Waals surface area (Å²) in [5.41, 5.74) is 14.5. The molecule has 292 valence electrons. The number of imidazole rings is 2. The number of nitrogen functional groups attached to an aromatic ring is 3. The number of rotatable bonds is 8. The molecule has 0 saturated carbocycles. The fourth-order valence-corrected chi connectivity index (χ4v) is 5.69. The third-order valence-electron chi connectivity index (χ3n) is 7.98. The number of anilines is 3. The lowest BCUT2D eigenvalue weighted by Crippen LogP contribution is -2.43. The molecule has 6 N–H and O–H groups in total. The quantitative estimate of drug-likeness (QED) is 0.0982. The van der Waals surface area contributed by atoms with Crippen LogP contribution in [0.4, 0.5) is 22.0 Å². The van der Waals surface area contributed by atoms with Crippen LogP contribution in [-0.2, 0) is 47.6 Å². The van der Waals surface area contributed by atoms with E-state index in [0.717, 1.165) is 0 Å². The number of hydrogen-bond donors (Lipinski definition) is 3. The van der Waals surface area contributed by atoms with Crippen LogP contribution in [0, 0.1) is 19.2 Å². The number of nitrogens with zero attached hydrogens (tertiary/aromatic N) is 10. The number of ether oxygens (including phenoxy) is 6. The maximum atomic E-state index is 13.6. The number of aromatic nitrogens is 8. The van der Waals surface area contributed by atoms with Crippen LogP contribution in [0.3, 0.4) is 0 Å². The van der Waals surface area contributed by atoms with Gasteiger partial charge in [-0.25, -0.2) is 23.1 Å². The topological polar surface area (TPSA) is 298 Å². The summed E-state index contributed by atoms with van der Waals surface area (Å²) in [6.45, 7) is 19.0. The SMILES string of the molecule is C.[C-]#[N+][C@]1(COC(C)=O)O[C@@H](n2cnc3c(N)nc(F)nc32)C[C@H]1OC(C)=O.[C-]#[N+][C@]1(COC(C)=O)O[C@@H](n2cnc3c(N)nc(N)nc32)C[C@H]1OC(C)=O. The van der Waals surface area contributed by atoms with Gasteiger partial charge in [-0.15, -0.1) is 0 Å². The zero-order chi connectivity index (χ0) is 39.5. The molecule has 0 amide bonds. The second-order valence-corrected chi connectivity index (χ2v) is 11.8. The Kier molecular flexibility index (Phi) is 12.0. The van der Waals surface area contributed by atoms with Gasteiger partial charge >= 0.3 is 41.4 Å². The van der Waals surface area contributed by atoms with Crippen molar-refractivity contribution < 1.29 is 52.0 Å². The van der Waals surface area contributed by atoms with Gasteiger partial charge in [-0.1, -0.05) is 7.43 Å². The molecule has 55 heavy (non-hydrogen) atoms. The average Bonchev–Trinajstić information content (AvgIpc) is 3.86. The highest BCUT2D eigenvalue weighted by atomic mass is 19.1. The van der Waals surface area contributed by atoms with Crippen molar-refractivity contribution >= 4 is 63.8 Å². The van der Waals surface area contributed by atoms with Gasteiger partial charge in [0.15, 0.2) is 28.4 Å². The normalized spacial score (nSPS) is 24.1. The molecule has 4 aromatic rings. The van der Waals surface area contributed by atoms with E-state index >= 15 is 0 Å². The molecular formula is C31H36FN13O10. The first kappa shape index (κ1) is 41.0. The Bertz CT molecular complexity index is 2060. The highest BCUT2D eigenvalue weighted by molar-refractivity contribution is 5.83. The lowest BCUT2D eigenvalue weighted by Gasteiger charge is -2.21. The number of esters is 4. The van der Waals surface area contributed by atoms with E-state index in [2.05, 4.69) is 39.6 Å². The largest absolute Gasteiger partial charge is 0.454 e. The van der Waals surface area contributed by atoms with Gasteiger partial charge in [0, 0.05) is 40.5 Å². The number of halogens is 1. The van der Waals surface area contributed by atoms with E-state index in [1.807, 2.05) is 0 Å². The number of hydrogen-bond acceptors (Lipinski definition) is 19. The summed E-state index contributed by atoms with van der Waals surface area (Å²) in [5, 5.41) is 0. The molecule has 2 fully saturated rings. The molecule has 0 radical (unpaired) electrons. The Morgan fingerprint density at radius 1 is 0.764 bits per heavy atom. The first-order chi connectivity index (χ1) is 25.5. The van der Waals surface area contributed by atoms with E-state index in [0.29, 0.717) is 11.2 Å². The van der Waals surface area contributed by atoms with Crippen molar-refractivity contribution in [1.82, 2.24) is 39.0 Å². The molecular weight excluding hydrogens is 733 g/mol. The van der Waals surface area contributed by atoms with Gasteiger partial charge in [-0.3, -0.25) is 47.5 Å². The van der Waals surface area contributed by atoms with Crippen molar-refractivity contribution in [3.8, 4) is 0 Å². The van der Waals surface area contributed by atoms with Crippen molar-refractivity contribution in [2.24, 2.45) is 0 Å². The second kappa shape index (κ2) is 16.1. The van der Waals surface area contributed by atoms with Gasteiger partial charge in [-0.05, 0) is 0 Å². The van der Waals surface area contributed by atoms with Gasteiger partial charge in [0.05, 0.1) is 12.7 Å². The molecule has 6 heterocycles. The van der Waals surface area contributed by atoms with Gasteiger partial charge in [-0.2, -0.15) is 24.3 Å². The van der Waals surface area contributed by atoms with E-state index in [4.69, 9.17) is 58.8 Å². The van der Waals surface area contributed by atoms with Crippen molar-refractivity contribution in [2.45, 2.75) is 84.1 Å². The van der Waals surface area contributed by atoms with E-state index < -0.39 is 79.3 Å². The average molecular weight is 770 g/mol. The van der Waals surface area contributed by atoms with E-state index in [9.17, 15) is 23.6 Å². The smallest absolute Gasteiger partial charge is 0.409 e. The molecule has 24 heteroatoms. The third-order valence-corrected chi connectivity index (χ3v) is 7.98. The van der Waals surface area contributed by atoms with Crippen LogP contribution in [0.2, 0.25) is 0 Å². The van der Waals surface area contributed by atoms with Gasteiger partial charge in [0.25, 0.3) is 0 Å². The Hall–Kier alpha value is -6.79. The van der Waals surface area contributed by atoms with Crippen LogP contribution in [0.15, 0.2) is 12.7 Å². The lowest BCUT2D eigenvalue weighted by atomic mass is 10.1. The molecule has 2 aliphatic heterocycles. The van der Waals surface area contributed by atoms with Gasteiger partial charge < -0.3 is 36.1 Å². The highest BCUT2D eigenvalue weighted by Crippen LogP contribution is 2.43. The molecule has 6 atom stereocenters. The molecule has 0 aliphatic carbocycles. The van der Waals surface area contributed by atoms with Crippen LogP contribution in [0.5, 0.6) is 0 Å². The number of carbonyl (C=O) groups excluding carboxylic acids is 4. The number of nitrogens with two attached hydrogens (primary N) is 3. The van der Waals surface area contributed by atoms with Crippen LogP contribution in [0.1, 0.15) is 60.4 Å². The predicted molar refractivity (Wildman–Crippen MR) is 183 cm³/mol. The monoisotopic (exact) mass is 769 g/mol. The zero-order valence-electron chi connectivity index (χ0n) is 29.0. The summed E-state index contributed by atoms with van der Waals surface area (Å²) in [7, 11) is 0. The summed E-state index contributed by atoms with van der Waals surface area (Å²) >= 11 is 0. The van der Waals surface area contributed by atoms with E-state index in [1.165, 1.54) is 49.5 Å². The second-order valence-electron chi connectivity index (χ2n) is 11.8. The minimum atomic E-state index is -1.75. The van der Waals surface area contributed by atoms with Gasteiger partial charge in [0.2, 0.25) is 31.4 Å².